The van der Waals surface area contributed by atoms with Gasteiger partial charge in [-0.2, -0.15) is 5.10 Å². The van der Waals surface area contributed by atoms with Crippen molar-refractivity contribution in [3.8, 4) is 11.4 Å². The fourth-order valence-corrected chi connectivity index (χ4v) is 6.43. The molecule has 2 aliphatic rings. The number of carbonyl (C=O) groups is 2. The number of nitrogens with zero attached hydrogens (tertiary/aromatic N) is 3. The van der Waals surface area contributed by atoms with Crippen molar-refractivity contribution in [3.63, 3.8) is 0 Å². The van der Waals surface area contributed by atoms with Crippen LogP contribution in [0.25, 0.3) is 11.4 Å². The molecule has 0 radical (unpaired) electrons. The number of amides is 1. The van der Waals surface area contributed by atoms with Crippen LogP contribution in [0.2, 0.25) is 0 Å². The van der Waals surface area contributed by atoms with E-state index in [-0.39, 0.29) is 45.0 Å². The van der Waals surface area contributed by atoms with Crippen molar-refractivity contribution in [3.05, 3.63) is 11.3 Å². The highest BCUT2D eigenvalue weighted by atomic mass is 32.2. The lowest BCUT2D eigenvalue weighted by Crippen LogP contribution is -2.22. The number of thiazole rings is 1. The number of hydrogen-bond acceptors (Lipinski definition) is 9. The molecule has 0 aliphatic carbocycles. The lowest BCUT2D eigenvalue weighted by atomic mass is 10.1. The minimum atomic E-state index is -3.74. The summed E-state index contributed by atoms with van der Waals surface area (Å²) in [6, 6.07) is -0.0553. The summed E-state index contributed by atoms with van der Waals surface area (Å²) in [7, 11) is -3.74. The second-order valence-corrected chi connectivity index (χ2v) is 9.96. The summed E-state index contributed by atoms with van der Waals surface area (Å²) in [4.78, 5) is 28.3. The van der Waals surface area contributed by atoms with Gasteiger partial charge in [-0.1, -0.05) is 11.3 Å². The van der Waals surface area contributed by atoms with Crippen molar-refractivity contribution in [2.75, 3.05) is 25.1 Å². The summed E-state index contributed by atoms with van der Waals surface area (Å²) in [5.74, 6) is -1.38. The fraction of sp³-hybridized carbons (Fsp3) is 0.529. The van der Waals surface area contributed by atoms with Crippen LogP contribution >= 0.6 is 11.3 Å². The Morgan fingerprint density at radius 3 is 2.72 bits per heavy atom. The number of sulfone groups is 1. The second-order valence-electron chi connectivity index (χ2n) is 6.78. The van der Waals surface area contributed by atoms with E-state index in [4.69, 9.17) is 9.47 Å². The molecule has 0 saturated carbocycles. The first kappa shape index (κ1) is 20.0. The standard InChI is InChI=1S/C17H20N4O6S2/c1-3-27-15(23)12-11-8-29(24,25)16-13(19-17(28-16)18-9(2)22)14(11)21(20-12)10-4-6-26-7-5-10/h10H,3-8H2,1-2H3,(H,18,19,22). The maximum atomic E-state index is 12.9. The van der Waals surface area contributed by atoms with Gasteiger partial charge < -0.3 is 14.8 Å². The monoisotopic (exact) mass is 440 g/mol. The molecule has 1 saturated heterocycles. The Bertz CT molecular complexity index is 1080. The van der Waals surface area contributed by atoms with Gasteiger partial charge >= 0.3 is 5.97 Å². The molecular weight excluding hydrogens is 420 g/mol. The van der Waals surface area contributed by atoms with E-state index in [1.165, 1.54) is 6.92 Å². The first-order valence-electron chi connectivity index (χ1n) is 9.19. The van der Waals surface area contributed by atoms with Crippen molar-refractivity contribution in [1.29, 1.82) is 0 Å². The molecule has 12 heteroatoms. The third-order valence-corrected chi connectivity index (χ3v) is 7.94. The average molecular weight is 441 g/mol. The van der Waals surface area contributed by atoms with Crippen molar-refractivity contribution in [1.82, 2.24) is 14.8 Å². The first-order chi connectivity index (χ1) is 13.8. The topological polar surface area (TPSA) is 129 Å². The van der Waals surface area contributed by atoms with E-state index in [9.17, 15) is 18.0 Å². The van der Waals surface area contributed by atoms with E-state index < -0.39 is 15.8 Å². The molecule has 2 aromatic heterocycles. The molecule has 1 N–H and O–H groups in total. The van der Waals surface area contributed by atoms with Gasteiger partial charge in [-0.15, -0.1) is 0 Å². The smallest absolute Gasteiger partial charge is 0.359 e. The van der Waals surface area contributed by atoms with Crippen LogP contribution in [0.4, 0.5) is 5.13 Å². The summed E-state index contributed by atoms with van der Waals surface area (Å²) in [5.41, 5.74) is 1.01. The predicted octanol–water partition coefficient (Wildman–Crippen LogP) is 1.78. The Kier molecular flexibility index (Phi) is 5.17. The molecule has 0 spiro atoms. The highest BCUT2D eigenvalue weighted by Gasteiger charge is 2.40. The van der Waals surface area contributed by atoms with Crippen LogP contribution in [0, 0.1) is 0 Å². The van der Waals surface area contributed by atoms with Crippen LogP contribution in [-0.4, -0.2) is 54.9 Å². The van der Waals surface area contributed by atoms with Crippen molar-refractivity contribution in [2.24, 2.45) is 0 Å². The molecule has 0 unspecified atom stereocenters. The lowest BCUT2D eigenvalue weighted by molar-refractivity contribution is -0.114. The number of anilines is 1. The third kappa shape index (κ3) is 3.55. The number of nitrogens with one attached hydrogen (secondary N) is 1. The quantitative estimate of drug-likeness (QED) is 0.712. The maximum Gasteiger partial charge on any atom is 0.359 e. The minimum absolute atomic E-state index is 0.00311. The molecule has 10 nitrogen and oxygen atoms in total. The minimum Gasteiger partial charge on any atom is -0.461 e. The highest BCUT2D eigenvalue weighted by molar-refractivity contribution is 7.93. The van der Waals surface area contributed by atoms with Gasteiger partial charge in [0.2, 0.25) is 5.91 Å². The molecule has 2 aliphatic heterocycles. The van der Waals surface area contributed by atoms with Gasteiger partial charge in [-0.3, -0.25) is 9.48 Å². The van der Waals surface area contributed by atoms with Crippen molar-refractivity contribution in [2.45, 2.75) is 42.7 Å². The zero-order valence-corrected chi connectivity index (χ0v) is 17.6. The van der Waals surface area contributed by atoms with E-state index in [2.05, 4.69) is 15.4 Å². The molecule has 1 amide bonds. The number of aromatic nitrogens is 3. The molecule has 156 valence electrons. The van der Waals surface area contributed by atoms with Gasteiger partial charge in [0.05, 0.1) is 24.1 Å². The lowest BCUT2D eigenvalue weighted by Gasteiger charge is -2.25. The second kappa shape index (κ2) is 7.50. The summed E-state index contributed by atoms with van der Waals surface area (Å²) >= 11 is 0.904. The zero-order chi connectivity index (χ0) is 20.8. The Balaban J connectivity index is 1.92. The van der Waals surface area contributed by atoms with E-state index in [1.54, 1.807) is 11.6 Å². The molecule has 4 heterocycles. The number of ether oxygens (including phenoxy) is 2. The van der Waals surface area contributed by atoms with Crippen LogP contribution in [0.3, 0.4) is 0 Å². The largest absolute Gasteiger partial charge is 0.461 e. The summed E-state index contributed by atoms with van der Waals surface area (Å²) in [6.07, 6.45) is 1.36. The summed E-state index contributed by atoms with van der Waals surface area (Å²) in [6.45, 7) is 4.25. The van der Waals surface area contributed by atoms with Crippen molar-refractivity contribution >= 4 is 38.2 Å². The predicted molar refractivity (Wildman–Crippen MR) is 104 cm³/mol. The van der Waals surface area contributed by atoms with Crippen LogP contribution < -0.4 is 5.32 Å². The van der Waals surface area contributed by atoms with Gasteiger partial charge in [0.1, 0.15) is 5.69 Å². The fourth-order valence-electron chi connectivity index (χ4n) is 3.54. The molecule has 0 aromatic carbocycles. The Labute approximate surface area is 171 Å². The number of carbonyl (C=O) groups excluding carboxylic acids is 2. The van der Waals surface area contributed by atoms with Gasteiger partial charge in [-0.05, 0) is 19.8 Å². The van der Waals surface area contributed by atoms with Crippen LogP contribution in [0.1, 0.15) is 48.8 Å². The normalized spacial score (nSPS) is 18.0. The number of hydrogen-bond donors (Lipinski definition) is 1. The van der Waals surface area contributed by atoms with Gasteiger partial charge in [0, 0.05) is 25.7 Å². The average Bonchev–Trinajstić information content (AvgIpc) is 3.24. The van der Waals surface area contributed by atoms with Crippen molar-refractivity contribution < 1.29 is 27.5 Å². The SMILES string of the molecule is CCOC(=O)c1nn(C2CCOCC2)c2c1CS(=O)(=O)c1sc(NC(C)=O)nc1-2. The van der Waals surface area contributed by atoms with E-state index in [1.807, 2.05) is 0 Å². The van der Waals surface area contributed by atoms with Crippen LogP contribution in [0.15, 0.2) is 4.21 Å². The van der Waals surface area contributed by atoms with Crippen LogP contribution in [0.5, 0.6) is 0 Å². The van der Waals surface area contributed by atoms with Crippen LogP contribution in [-0.2, 0) is 29.9 Å². The highest BCUT2D eigenvalue weighted by Crippen LogP contribution is 2.45. The Morgan fingerprint density at radius 1 is 1.34 bits per heavy atom. The van der Waals surface area contributed by atoms with Gasteiger partial charge in [0.15, 0.2) is 24.9 Å². The number of esters is 1. The molecule has 0 atom stereocenters. The maximum absolute atomic E-state index is 12.9. The third-order valence-electron chi connectivity index (χ3n) is 4.73. The Hall–Kier alpha value is -2.31. The molecule has 29 heavy (non-hydrogen) atoms. The molecule has 0 bridgehead atoms. The van der Waals surface area contributed by atoms with E-state index >= 15 is 0 Å². The van der Waals surface area contributed by atoms with E-state index in [0.29, 0.717) is 37.3 Å². The summed E-state index contributed by atoms with van der Waals surface area (Å²) in [5, 5.41) is 7.20. The molecule has 4 rings (SSSR count). The summed E-state index contributed by atoms with van der Waals surface area (Å²) < 4.78 is 38.1. The molecule has 2 aromatic rings. The van der Waals surface area contributed by atoms with E-state index in [0.717, 1.165) is 11.3 Å². The van der Waals surface area contributed by atoms with Gasteiger partial charge in [-0.25, -0.2) is 18.2 Å². The molecular formula is C17H20N4O6S2. The molecule has 1 fully saturated rings. The zero-order valence-electron chi connectivity index (χ0n) is 15.9. The Morgan fingerprint density at radius 2 is 2.07 bits per heavy atom. The first-order valence-corrected chi connectivity index (χ1v) is 11.7. The van der Waals surface area contributed by atoms with Gasteiger partial charge in [0.25, 0.3) is 0 Å². The number of rotatable bonds is 4. The number of fused-ring (bicyclic) bond motifs is 3.